The van der Waals surface area contributed by atoms with E-state index in [1.165, 1.54) is 16.0 Å². The van der Waals surface area contributed by atoms with Crippen molar-refractivity contribution in [3.63, 3.8) is 0 Å². The van der Waals surface area contributed by atoms with E-state index in [-0.39, 0.29) is 11.8 Å². The number of hydrogen-bond acceptors (Lipinski definition) is 2. The van der Waals surface area contributed by atoms with Crippen LogP contribution in [0.1, 0.15) is 50.0 Å². The average Bonchev–Trinajstić information content (AvgIpc) is 3.07. The van der Waals surface area contributed by atoms with Crippen LogP contribution >= 0.6 is 11.3 Å². The highest BCUT2D eigenvalue weighted by Crippen LogP contribution is 2.24. The van der Waals surface area contributed by atoms with Crippen LogP contribution in [0.2, 0.25) is 0 Å². The highest BCUT2D eigenvalue weighted by molar-refractivity contribution is 7.11. The molecule has 0 radical (unpaired) electrons. The Hall–Kier alpha value is -1.87. The van der Waals surface area contributed by atoms with Gasteiger partial charge in [0.2, 0.25) is 5.91 Å². The van der Waals surface area contributed by atoms with Crippen LogP contribution in [0.5, 0.6) is 0 Å². The molecular formula is C19H23NOS. The Labute approximate surface area is 136 Å². The molecule has 0 fully saturated rings. The maximum atomic E-state index is 12.3. The number of benzene rings is 1. The van der Waals surface area contributed by atoms with Crippen LogP contribution in [0.25, 0.3) is 5.57 Å². The molecule has 1 N–H and O–H groups in total. The number of rotatable bonds is 6. The first-order valence-electron chi connectivity index (χ1n) is 7.70. The van der Waals surface area contributed by atoms with Gasteiger partial charge in [0.15, 0.2) is 0 Å². The van der Waals surface area contributed by atoms with Crippen molar-refractivity contribution >= 4 is 22.8 Å². The molecule has 0 saturated heterocycles. The second kappa shape index (κ2) is 7.95. The molecule has 0 aliphatic heterocycles. The van der Waals surface area contributed by atoms with Gasteiger partial charge in [0, 0.05) is 17.0 Å². The molecule has 2 aromatic rings. The summed E-state index contributed by atoms with van der Waals surface area (Å²) in [6, 6.07) is 14.3. The molecular weight excluding hydrogens is 290 g/mol. The van der Waals surface area contributed by atoms with Crippen LogP contribution < -0.4 is 5.32 Å². The topological polar surface area (TPSA) is 29.1 Å². The molecule has 1 amide bonds. The van der Waals surface area contributed by atoms with Gasteiger partial charge in [-0.3, -0.25) is 4.79 Å². The Morgan fingerprint density at radius 1 is 1.18 bits per heavy atom. The highest BCUT2D eigenvalue weighted by Gasteiger charge is 2.13. The molecule has 22 heavy (non-hydrogen) atoms. The second-order valence-electron chi connectivity index (χ2n) is 5.50. The van der Waals surface area contributed by atoms with Crippen molar-refractivity contribution in [2.75, 3.05) is 0 Å². The number of carbonyl (C=O) groups excluding carboxylic acids is 1. The minimum Gasteiger partial charge on any atom is -0.329 e. The van der Waals surface area contributed by atoms with Gasteiger partial charge in [-0.1, -0.05) is 50.2 Å². The Bertz CT molecular complexity index is 629. The number of thiophene rings is 1. The van der Waals surface area contributed by atoms with Crippen molar-refractivity contribution in [3.05, 3.63) is 64.0 Å². The maximum Gasteiger partial charge on any atom is 0.224 e. The SMILES string of the molecule is CCC(NC(=O)CC(C)c1ccccc1)=C(C)c1cccs1. The summed E-state index contributed by atoms with van der Waals surface area (Å²) in [4.78, 5) is 13.5. The quantitative estimate of drug-likeness (QED) is 0.780. The molecule has 1 unspecified atom stereocenters. The average molecular weight is 313 g/mol. The summed E-state index contributed by atoms with van der Waals surface area (Å²) in [5, 5.41) is 5.16. The van der Waals surface area contributed by atoms with E-state index in [0.29, 0.717) is 6.42 Å². The molecule has 0 aliphatic carbocycles. The zero-order valence-electron chi connectivity index (χ0n) is 13.4. The third kappa shape index (κ3) is 4.31. The van der Waals surface area contributed by atoms with Crippen LogP contribution in [-0.2, 0) is 4.79 Å². The third-order valence-electron chi connectivity index (χ3n) is 3.85. The second-order valence-corrected chi connectivity index (χ2v) is 6.45. The minimum absolute atomic E-state index is 0.0871. The number of hydrogen-bond donors (Lipinski definition) is 1. The summed E-state index contributed by atoms with van der Waals surface area (Å²) in [6.45, 7) is 6.25. The fourth-order valence-corrected chi connectivity index (χ4v) is 3.25. The van der Waals surface area contributed by atoms with Crippen molar-refractivity contribution in [3.8, 4) is 0 Å². The predicted octanol–water partition coefficient (Wildman–Crippen LogP) is 5.20. The van der Waals surface area contributed by atoms with E-state index in [9.17, 15) is 4.79 Å². The smallest absolute Gasteiger partial charge is 0.224 e. The first-order chi connectivity index (χ1) is 10.6. The highest BCUT2D eigenvalue weighted by atomic mass is 32.1. The molecule has 116 valence electrons. The van der Waals surface area contributed by atoms with Crippen molar-refractivity contribution in [1.29, 1.82) is 0 Å². The summed E-state index contributed by atoms with van der Waals surface area (Å²) in [5.41, 5.74) is 3.39. The molecule has 0 spiro atoms. The monoisotopic (exact) mass is 313 g/mol. The lowest BCUT2D eigenvalue weighted by Crippen LogP contribution is -2.24. The molecule has 1 aromatic heterocycles. The van der Waals surface area contributed by atoms with E-state index >= 15 is 0 Å². The standard InChI is InChI=1S/C19H23NOS/c1-4-17(15(3)18-11-8-12-22-18)20-19(21)13-14(2)16-9-6-5-7-10-16/h5-12,14H,4,13H2,1-3H3,(H,20,21). The lowest BCUT2D eigenvalue weighted by atomic mass is 9.97. The van der Waals surface area contributed by atoms with Gasteiger partial charge in [-0.2, -0.15) is 0 Å². The molecule has 0 bridgehead atoms. The van der Waals surface area contributed by atoms with Gasteiger partial charge in [0.25, 0.3) is 0 Å². The first kappa shape index (κ1) is 16.5. The number of allylic oxidation sites excluding steroid dienone is 2. The molecule has 0 saturated carbocycles. The molecule has 2 nitrogen and oxygen atoms in total. The van der Waals surface area contributed by atoms with Crippen LogP contribution in [0.15, 0.2) is 53.5 Å². The van der Waals surface area contributed by atoms with Gasteiger partial charge in [-0.25, -0.2) is 0 Å². The van der Waals surface area contributed by atoms with Gasteiger partial charge < -0.3 is 5.32 Å². The Morgan fingerprint density at radius 2 is 1.91 bits per heavy atom. The first-order valence-corrected chi connectivity index (χ1v) is 8.58. The fourth-order valence-electron chi connectivity index (χ4n) is 2.48. The molecule has 0 aliphatic rings. The molecule has 2 rings (SSSR count). The van der Waals surface area contributed by atoms with Crippen molar-refractivity contribution < 1.29 is 4.79 Å². The van der Waals surface area contributed by atoms with E-state index in [1.54, 1.807) is 11.3 Å². The summed E-state index contributed by atoms with van der Waals surface area (Å²) in [6.07, 6.45) is 1.33. The lowest BCUT2D eigenvalue weighted by Gasteiger charge is -2.15. The molecule has 1 atom stereocenters. The zero-order chi connectivity index (χ0) is 15.9. The van der Waals surface area contributed by atoms with Gasteiger partial charge >= 0.3 is 0 Å². The van der Waals surface area contributed by atoms with E-state index in [2.05, 4.69) is 49.7 Å². The van der Waals surface area contributed by atoms with Gasteiger partial charge in [-0.05, 0) is 41.8 Å². The Balaban J connectivity index is 2.03. The number of amides is 1. The largest absolute Gasteiger partial charge is 0.329 e. The summed E-state index contributed by atoms with van der Waals surface area (Å²) < 4.78 is 0. The minimum atomic E-state index is 0.0871. The van der Waals surface area contributed by atoms with E-state index < -0.39 is 0 Å². The Kier molecular flexibility index (Phi) is 5.96. The van der Waals surface area contributed by atoms with E-state index in [4.69, 9.17) is 0 Å². The lowest BCUT2D eigenvalue weighted by molar-refractivity contribution is -0.120. The van der Waals surface area contributed by atoms with E-state index in [0.717, 1.165) is 12.1 Å². The van der Waals surface area contributed by atoms with Gasteiger partial charge in [0.1, 0.15) is 0 Å². The number of nitrogens with one attached hydrogen (secondary N) is 1. The maximum absolute atomic E-state index is 12.3. The van der Waals surface area contributed by atoms with Crippen molar-refractivity contribution in [1.82, 2.24) is 5.32 Å². The molecule has 1 aromatic carbocycles. The number of carbonyl (C=O) groups is 1. The van der Waals surface area contributed by atoms with Crippen molar-refractivity contribution in [2.45, 2.75) is 39.5 Å². The van der Waals surface area contributed by atoms with Crippen molar-refractivity contribution in [2.24, 2.45) is 0 Å². The summed E-state index contributed by atoms with van der Waals surface area (Å²) >= 11 is 1.70. The van der Waals surface area contributed by atoms with Crippen LogP contribution in [0.4, 0.5) is 0 Å². The third-order valence-corrected chi connectivity index (χ3v) is 4.84. The predicted molar refractivity (Wildman–Crippen MR) is 94.8 cm³/mol. The van der Waals surface area contributed by atoms with Crippen LogP contribution in [0, 0.1) is 0 Å². The summed E-state index contributed by atoms with van der Waals surface area (Å²) in [7, 11) is 0. The Morgan fingerprint density at radius 3 is 2.50 bits per heavy atom. The van der Waals surface area contributed by atoms with E-state index in [1.807, 2.05) is 24.3 Å². The zero-order valence-corrected chi connectivity index (χ0v) is 14.2. The normalized spacial score (nSPS) is 13.4. The molecule has 3 heteroatoms. The summed E-state index contributed by atoms with van der Waals surface area (Å²) in [5.74, 6) is 0.311. The van der Waals surface area contributed by atoms with Crippen LogP contribution in [0.3, 0.4) is 0 Å². The van der Waals surface area contributed by atoms with Crippen LogP contribution in [-0.4, -0.2) is 5.91 Å². The van der Waals surface area contributed by atoms with Gasteiger partial charge in [-0.15, -0.1) is 11.3 Å². The fraction of sp³-hybridized carbons (Fsp3) is 0.316. The molecule has 1 heterocycles. The van der Waals surface area contributed by atoms with Gasteiger partial charge in [0.05, 0.1) is 0 Å².